The van der Waals surface area contributed by atoms with E-state index < -0.39 is 15.4 Å². The molecule has 1 saturated carbocycles. The van der Waals surface area contributed by atoms with Gasteiger partial charge < -0.3 is 9.15 Å². The second kappa shape index (κ2) is 12.1. The number of nitrogens with one attached hydrogen (secondary N) is 1. The van der Waals surface area contributed by atoms with E-state index in [1.54, 1.807) is 19.3 Å². The van der Waals surface area contributed by atoms with Gasteiger partial charge >= 0.3 is 0 Å². The molecule has 40 heavy (non-hydrogen) atoms. The number of hydrogen-bond donors (Lipinski definition) is 1. The number of halogens is 2. The second-order valence-corrected chi connectivity index (χ2v) is 12.6. The molecule has 0 bridgehead atoms. The van der Waals surface area contributed by atoms with Crippen LogP contribution < -0.4 is 9.46 Å². The predicted molar refractivity (Wildman–Crippen MR) is 154 cm³/mol. The van der Waals surface area contributed by atoms with E-state index in [4.69, 9.17) is 20.8 Å². The summed E-state index contributed by atoms with van der Waals surface area (Å²) in [6.07, 6.45) is 3.86. The van der Waals surface area contributed by atoms with Crippen molar-refractivity contribution < 1.29 is 22.0 Å². The van der Waals surface area contributed by atoms with Gasteiger partial charge in [-0.2, -0.15) is 0 Å². The van der Waals surface area contributed by atoms with Crippen LogP contribution >= 0.6 is 11.6 Å². The van der Waals surface area contributed by atoms with Crippen molar-refractivity contribution in [2.45, 2.75) is 56.6 Å². The summed E-state index contributed by atoms with van der Waals surface area (Å²) < 4.78 is 54.7. The van der Waals surface area contributed by atoms with Crippen LogP contribution in [0, 0.1) is 5.82 Å². The smallest absolute Gasteiger partial charge is 0.211 e. The lowest BCUT2D eigenvalue weighted by Gasteiger charge is -2.27. The Labute approximate surface area is 239 Å². The lowest BCUT2D eigenvalue weighted by molar-refractivity contribution is 0.307. The largest absolute Gasteiger partial charge is 0.488 e. The van der Waals surface area contributed by atoms with Gasteiger partial charge in [0.25, 0.3) is 0 Å². The highest BCUT2D eigenvalue weighted by Gasteiger charge is 2.45. The number of rotatable bonds is 11. The molecular formula is C31H32ClFN2O4S. The molecule has 3 aromatic carbocycles. The minimum atomic E-state index is -3.37. The summed E-state index contributed by atoms with van der Waals surface area (Å²) in [6, 6.07) is 22.1. The van der Waals surface area contributed by atoms with Crippen LogP contribution in [0.4, 0.5) is 4.39 Å². The van der Waals surface area contributed by atoms with Crippen LogP contribution in [0.2, 0.25) is 0 Å². The molecular weight excluding hydrogens is 551 g/mol. The maximum absolute atomic E-state index is 15.3. The van der Waals surface area contributed by atoms with Gasteiger partial charge in [-0.25, -0.2) is 22.5 Å². The molecule has 1 heterocycles. The highest BCUT2D eigenvalue weighted by molar-refractivity contribution is 7.89. The van der Waals surface area contributed by atoms with Gasteiger partial charge in [-0.15, -0.1) is 11.6 Å². The fourth-order valence-corrected chi connectivity index (χ4v) is 6.43. The van der Waals surface area contributed by atoms with Gasteiger partial charge in [0.05, 0.1) is 22.7 Å². The van der Waals surface area contributed by atoms with Crippen molar-refractivity contribution in [1.82, 2.24) is 9.71 Å². The number of aromatic nitrogens is 1. The zero-order valence-corrected chi connectivity index (χ0v) is 23.8. The summed E-state index contributed by atoms with van der Waals surface area (Å²) in [5, 5.41) is 0. The maximum Gasteiger partial charge on any atom is 0.211 e. The van der Waals surface area contributed by atoms with Gasteiger partial charge in [0, 0.05) is 17.2 Å². The summed E-state index contributed by atoms with van der Waals surface area (Å²) in [4.78, 5) is 4.63. The first-order valence-corrected chi connectivity index (χ1v) is 15.5. The summed E-state index contributed by atoms with van der Waals surface area (Å²) >= 11 is 6.01. The Morgan fingerprint density at radius 2 is 1.85 bits per heavy atom. The molecule has 1 fully saturated rings. The number of sulfonamides is 1. The van der Waals surface area contributed by atoms with Crippen molar-refractivity contribution >= 4 is 21.6 Å². The van der Waals surface area contributed by atoms with E-state index in [0.29, 0.717) is 60.8 Å². The number of benzene rings is 3. The van der Waals surface area contributed by atoms with Crippen molar-refractivity contribution in [1.29, 1.82) is 0 Å². The average Bonchev–Trinajstić information content (AvgIpc) is 3.62. The fourth-order valence-electron chi connectivity index (χ4n) is 5.44. The summed E-state index contributed by atoms with van der Waals surface area (Å²) in [6.45, 7) is 1.98. The SMILES string of the molecule is CCS(=O)(=O)N[C@H]1CC[C@](Cc2ccc(F)c(-c3ccccc3OCc3ccccc3)c2)(c2nc(CCl)co2)C1. The Bertz CT molecular complexity index is 1560. The van der Waals surface area contributed by atoms with Crippen molar-refractivity contribution in [2.24, 2.45) is 0 Å². The van der Waals surface area contributed by atoms with Gasteiger partial charge in [-0.05, 0) is 61.9 Å². The van der Waals surface area contributed by atoms with Crippen LogP contribution in [-0.4, -0.2) is 25.2 Å². The van der Waals surface area contributed by atoms with Crippen LogP contribution in [0.3, 0.4) is 0 Å². The van der Waals surface area contributed by atoms with Gasteiger partial charge in [-0.3, -0.25) is 0 Å². The van der Waals surface area contributed by atoms with Gasteiger partial charge in [0.2, 0.25) is 15.9 Å². The molecule has 5 rings (SSSR count). The lowest BCUT2D eigenvalue weighted by Crippen LogP contribution is -2.36. The Morgan fingerprint density at radius 3 is 2.60 bits per heavy atom. The molecule has 1 N–H and O–H groups in total. The molecule has 1 aliphatic carbocycles. The quantitative estimate of drug-likeness (QED) is 0.197. The third-order valence-electron chi connectivity index (χ3n) is 7.46. The minimum Gasteiger partial charge on any atom is -0.488 e. The molecule has 9 heteroatoms. The van der Waals surface area contributed by atoms with E-state index in [9.17, 15) is 8.42 Å². The first-order chi connectivity index (χ1) is 19.3. The van der Waals surface area contributed by atoms with Crippen molar-refractivity contribution in [3.63, 3.8) is 0 Å². The van der Waals surface area contributed by atoms with E-state index in [0.717, 1.165) is 11.1 Å². The van der Waals surface area contributed by atoms with Crippen LogP contribution in [-0.2, 0) is 34.3 Å². The van der Waals surface area contributed by atoms with Crippen molar-refractivity contribution in [2.75, 3.05) is 5.75 Å². The molecule has 1 aromatic heterocycles. The van der Waals surface area contributed by atoms with Crippen LogP contribution in [0.25, 0.3) is 11.1 Å². The number of nitrogens with zero attached hydrogens (tertiary/aromatic N) is 1. The second-order valence-electron chi connectivity index (χ2n) is 10.3. The first kappa shape index (κ1) is 28.3. The summed E-state index contributed by atoms with van der Waals surface area (Å²) in [7, 11) is -3.37. The van der Waals surface area contributed by atoms with E-state index in [1.807, 2.05) is 60.7 Å². The third-order valence-corrected chi connectivity index (χ3v) is 9.19. The van der Waals surface area contributed by atoms with Crippen LogP contribution in [0.5, 0.6) is 5.75 Å². The molecule has 0 unspecified atom stereocenters. The van der Waals surface area contributed by atoms with E-state index in [2.05, 4.69) is 9.71 Å². The maximum atomic E-state index is 15.3. The molecule has 4 aromatic rings. The molecule has 1 aliphatic rings. The monoisotopic (exact) mass is 582 g/mol. The first-order valence-electron chi connectivity index (χ1n) is 13.4. The highest BCUT2D eigenvalue weighted by Crippen LogP contribution is 2.44. The van der Waals surface area contributed by atoms with Crippen LogP contribution in [0.15, 0.2) is 83.5 Å². The van der Waals surface area contributed by atoms with E-state index in [1.165, 1.54) is 6.07 Å². The molecule has 6 nitrogen and oxygen atoms in total. The zero-order chi connectivity index (χ0) is 28.2. The van der Waals surface area contributed by atoms with E-state index in [-0.39, 0.29) is 23.5 Å². The molecule has 2 atom stereocenters. The van der Waals surface area contributed by atoms with Crippen molar-refractivity contribution in [3.05, 3.63) is 108 Å². The third kappa shape index (κ3) is 6.40. The summed E-state index contributed by atoms with van der Waals surface area (Å²) in [5.41, 5.74) is 3.06. The Kier molecular flexibility index (Phi) is 8.59. The molecule has 0 spiro atoms. The minimum absolute atomic E-state index is 0.0129. The fraction of sp³-hybridized carbons (Fsp3) is 0.323. The van der Waals surface area contributed by atoms with E-state index >= 15 is 4.39 Å². The van der Waals surface area contributed by atoms with Crippen LogP contribution in [0.1, 0.15) is 48.9 Å². The predicted octanol–water partition coefficient (Wildman–Crippen LogP) is 6.77. The molecule has 0 radical (unpaired) electrons. The normalized spacial score (nSPS) is 19.1. The topological polar surface area (TPSA) is 81.4 Å². The number of para-hydroxylation sites is 1. The highest BCUT2D eigenvalue weighted by atomic mass is 35.5. The Hall–Kier alpha value is -3.20. The number of oxazole rings is 1. The molecule has 0 amide bonds. The van der Waals surface area contributed by atoms with Gasteiger partial charge in [-0.1, -0.05) is 54.6 Å². The van der Waals surface area contributed by atoms with Gasteiger partial charge in [0.15, 0.2) is 0 Å². The number of hydrogen-bond acceptors (Lipinski definition) is 5. The van der Waals surface area contributed by atoms with Gasteiger partial charge in [0.1, 0.15) is 24.4 Å². The summed E-state index contributed by atoms with van der Waals surface area (Å²) in [5.74, 6) is 0.990. The zero-order valence-electron chi connectivity index (χ0n) is 22.3. The number of ether oxygens (including phenoxy) is 1. The molecule has 210 valence electrons. The molecule has 0 aliphatic heterocycles. The Balaban J connectivity index is 1.45. The van der Waals surface area contributed by atoms with Crippen molar-refractivity contribution in [3.8, 4) is 16.9 Å². The number of alkyl halides is 1. The Morgan fingerprint density at radius 1 is 1.07 bits per heavy atom. The standard InChI is InChI=1S/C31H32ClFN2O4S/c1-2-40(36,37)35-24-14-15-31(18-24,30-34-25(19-32)21-39-30)17-23-12-13-28(33)27(16-23)26-10-6-7-11-29(26)38-20-22-8-4-3-5-9-22/h3-13,16,21,24,35H,2,14-15,17-20H2,1H3/t24-,31+/m0/s1. The molecule has 0 saturated heterocycles. The average molecular weight is 583 g/mol. The lowest BCUT2D eigenvalue weighted by atomic mass is 9.79.